The van der Waals surface area contributed by atoms with Crippen molar-refractivity contribution in [2.24, 2.45) is 0 Å². The number of hydrogen-bond donors (Lipinski definition) is 1. The Bertz CT molecular complexity index is 648. The largest absolute Gasteiger partial charge is 0.378 e. The third kappa shape index (κ3) is 3.97. The number of nitrogens with zero attached hydrogens (tertiary/aromatic N) is 3. The molecule has 1 saturated heterocycles. The van der Waals surface area contributed by atoms with Gasteiger partial charge in [-0.3, -0.25) is 4.68 Å². The minimum absolute atomic E-state index is 0.314. The summed E-state index contributed by atoms with van der Waals surface area (Å²) in [6.07, 6.45) is 4.02. The predicted molar refractivity (Wildman–Crippen MR) is 97.5 cm³/mol. The van der Waals surface area contributed by atoms with Crippen molar-refractivity contribution in [1.29, 1.82) is 0 Å². The summed E-state index contributed by atoms with van der Waals surface area (Å²) in [5.41, 5.74) is 3.87. The van der Waals surface area contributed by atoms with Crippen LogP contribution in [0.5, 0.6) is 0 Å². The molecule has 2 aromatic rings. The van der Waals surface area contributed by atoms with Crippen molar-refractivity contribution in [2.75, 3.05) is 31.2 Å². The van der Waals surface area contributed by atoms with Gasteiger partial charge in [-0.05, 0) is 38.0 Å². The molecule has 2 atom stereocenters. The Morgan fingerprint density at radius 2 is 1.96 bits per heavy atom. The van der Waals surface area contributed by atoms with E-state index < -0.39 is 0 Å². The average molecular weight is 328 g/mol. The topological polar surface area (TPSA) is 42.3 Å². The van der Waals surface area contributed by atoms with Gasteiger partial charge < -0.3 is 15.0 Å². The normalized spacial score (nSPS) is 17.7. The fraction of sp³-hybridized carbons (Fsp3) is 0.526. The van der Waals surface area contributed by atoms with E-state index in [4.69, 9.17) is 4.74 Å². The minimum atomic E-state index is 0.314. The van der Waals surface area contributed by atoms with Gasteiger partial charge in [-0.2, -0.15) is 5.10 Å². The van der Waals surface area contributed by atoms with Gasteiger partial charge in [0.25, 0.3) is 0 Å². The maximum absolute atomic E-state index is 5.47. The summed E-state index contributed by atoms with van der Waals surface area (Å²) in [4.78, 5) is 2.42. The highest BCUT2D eigenvalue weighted by atomic mass is 16.5. The molecular weight excluding hydrogens is 300 g/mol. The molecule has 1 N–H and O–H groups in total. The van der Waals surface area contributed by atoms with E-state index in [-0.39, 0.29) is 0 Å². The Morgan fingerprint density at radius 1 is 1.21 bits per heavy atom. The number of aryl methyl sites for hydroxylation is 1. The highest BCUT2D eigenvalue weighted by Crippen LogP contribution is 2.22. The highest BCUT2D eigenvalue weighted by Gasteiger charge is 2.17. The molecule has 24 heavy (non-hydrogen) atoms. The number of anilines is 1. The van der Waals surface area contributed by atoms with E-state index in [9.17, 15) is 0 Å². The first-order valence-electron chi connectivity index (χ1n) is 8.80. The summed E-state index contributed by atoms with van der Waals surface area (Å²) in [5.74, 6) is 0. The van der Waals surface area contributed by atoms with Crippen molar-refractivity contribution in [2.45, 2.75) is 39.4 Å². The van der Waals surface area contributed by atoms with Crippen LogP contribution in [0, 0.1) is 6.92 Å². The van der Waals surface area contributed by atoms with Crippen LogP contribution in [0.4, 0.5) is 5.69 Å². The van der Waals surface area contributed by atoms with Crippen LogP contribution in [0.15, 0.2) is 36.7 Å². The summed E-state index contributed by atoms with van der Waals surface area (Å²) in [5, 5.41) is 8.10. The third-order valence-electron chi connectivity index (χ3n) is 4.83. The summed E-state index contributed by atoms with van der Waals surface area (Å²) in [7, 11) is 0. The van der Waals surface area contributed by atoms with Gasteiger partial charge in [0.15, 0.2) is 0 Å². The van der Waals surface area contributed by atoms with E-state index in [2.05, 4.69) is 66.5 Å². The Kier molecular flexibility index (Phi) is 5.53. The van der Waals surface area contributed by atoms with E-state index in [1.54, 1.807) is 0 Å². The van der Waals surface area contributed by atoms with Crippen molar-refractivity contribution >= 4 is 5.69 Å². The molecule has 0 aliphatic carbocycles. The summed E-state index contributed by atoms with van der Waals surface area (Å²) < 4.78 is 7.52. The van der Waals surface area contributed by atoms with Crippen molar-refractivity contribution in [3.63, 3.8) is 0 Å². The Balaban J connectivity index is 1.63. The number of rotatable bonds is 6. The standard InChI is InChI=1S/C19H28N4O/c1-15-12-21-23(14-15)17(3)16(2)20-13-18-6-4-5-7-19(18)22-8-10-24-11-9-22/h4-7,12,14,16-17,20H,8-11,13H2,1-3H3/t16-,17+/m1/s1. The molecule has 5 heteroatoms. The van der Waals surface area contributed by atoms with E-state index in [1.807, 2.05) is 10.9 Å². The van der Waals surface area contributed by atoms with Crippen LogP contribution in [-0.2, 0) is 11.3 Å². The average Bonchev–Trinajstić information content (AvgIpc) is 3.06. The second-order valence-electron chi connectivity index (χ2n) is 6.64. The molecule has 0 radical (unpaired) electrons. The zero-order valence-electron chi connectivity index (χ0n) is 14.9. The molecule has 0 saturated carbocycles. The number of benzene rings is 1. The Hall–Kier alpha value is -1.85. The fourth-order valence-electron chi connectivity index (χ4n) is 3.10. The van der Waals surface area contributed by atoms with Crippen LogP contribution in [0.3, 0.4) is 0 Å². The first-order valence-corrected chi connectivity index (χ1v) is 8.80. The first kappa shape index (κ1) is 17.0. The molecule has 1 fully saturated rings. The number of nitrogens with one attached hydrogen (secondary N) is 1. The summed E-state index contributed by atoms with van der Waals surface area (Å²) in [6.45, 7) is 10.9. The molecular formula is C19H28N4O. The maximum atomic E-state index is 5.47. The van der Waals surface area contributed by atoms with E-state index in [0.29, 0.717) is 12.1 Å². The fourth-order valence-corrected chi connectivity index (χ4v) is 3.10. The molecule has 2 heterocycles. The molecule has 3 rings (SSSR count). The van der Waals surface area contributed by atoms with E-state index in [1.165, 1.54) is 16.8 Å². The second kappa shape index (κ2) is 7.81. The zero-order chi connectivity index (χ0) is 16.9. The first-order chi connectivity index (χ1) is 11.6. The molecule has 130 valence electrons. The third-order valence-corrected chi connectivity index (χ3v) is 4.83. The molecule has 0 amide bonds. The molecule has 0 bridgehead atoms. The number of morpholine rings is 1. The van der Waals surface area contributed by atoms with Crippen molar-refractivity contribution in [3.8, 4) is 0 Å². The summed E-state index contributed by atoms with van der Waals surface area (Å²) in [6, 6.07) is 9.32. The lowest BCUT2D eigenvalue weighted by Gasteiger charge is -2.31. The minimum Gasteiger partial charge on any atom is -0.378 e. The monoisotopic (exact) mass is 328 g/mol. The van der Waals surface area contributed by atoms with Crippen LogP contribution in [0.25, 0.3) is 0 Å². The lowest BCUT2D eigenvalue weighted by Crippen LogP contribution is -2.38. The van der Waals surface area contributed by atoms with Gasteiger partial charge >= 0.3 is 0 Å². The summed E-state index contributed by atoms with van der Waals surface area (Å²) >= 11 is 0. The molecule has 0 spiro atoms. The lowest BCUT2D eigenvalue weighted by atomic mass is 10.1. The quantitative estimate of drug-likeness (QED) is 0.885. The smallest absolute Gasteiger partial charge is 0.0642 e. The van der Waals surface area contributed by atoms with Gasteiger partial charge in [-0.15, -0.1) is 0 Å². The molecule has 1 aliphatic rings. The molecule has 1 aromatic heterocycles. The van der Waals surface area contributed by atoms with Crippen LogP contribution >= 0.6 is 0 Å². The molecule has 1 aromatic carbocycles. The van der Waals surface area contributed by atoms with Crippen molar-refractivity contribution in [3.05, 3.63) is 47.8 Å². The SMILES string of the molecule is Cc1cnn([C@@H](C)[C@@H](C)NCc2ccccc2N2CCOCC2)c1. The number of ether oxygens (including phenoxy) is 1. The van der Waals surface area contributed by atoms with Crippen molar-refractivity contribution in [1.82, 2.24) is 15.1 Å². The molecule has 0 unspecified atom stereocenters. The van der Waals surface area contributed by atoms with Gasteiger partial charge in [0, 0.05) is 37.6 Å². The van der Waals surface area contributed by atoms with Crippen LogP contribution in [0.1, 0.15) is 31.0 Å². The van der Waals surface area contributed by atoms with Gasteiger partial charge in [0.1, 0.15) is 0 Å². The zero-order valence-corrected chi connectivity index (χ0v) is 14.9. The second-order valence-corrected chi connectivity index (χ2v) is 6.64. The molecule has 5 nitrogen and oxygen atoms in total. The number of aromatic nitrogens is 2. The highest BCUT2D eigenvalue weighted by molar-refractivity contribution is 5.53. The van der Waals surface area contributed by atoms with Gasteiger partial charge in [-0.1, -0.05) is 18.2 Å². The molecule has 1 aliphatic heterocycles. The predicted octanol–water partition coefficient (Wildman–Crippen LogP) is 2.77. The number of para-hydroxylation sites is 1. The lowest BCUT2D eigenvalue weighted by molar-refractivity contribution is 0.122. The van der Waals surface area contributed by atoms with Gasteiger partial charge in [-0.25, -0.2) is 0 Å². The van der Waals surface area contributed by atoms with Crippen LogP contribution in [0.2, 0.25) is 0 Å². The van der Waals surface area contributed by atoms with Crippen LogP contribution in [-0.4, -0.2) is 42.1 Å². The van der Waals surface area contributed by atoms with Crippen molar-refractivity contribution < 1.29 is 4.74 Å². The van der Waals surface area contributed by atoms with Crippen LogP contribution < -0.4 is 10.2 Å². The van der Waals surface area contributed by atoms with Gasteiger partial charge in [0.2, 0.25) is 0 Å². The number of hydrogen-bond acceptors (Lipinski definition) is 4. The van der Waals surface area contributed by atoms with Gasteiger partial charge in [0.05, 0.1) is 25.5 Å². The Morgan fingerprint density at radius 3 is 2.67 bits per heavy atom. The van der Waals surface area contributed by atoms with E-state index >= 15 is 0 Å². The maximum Gasteiger partial charge on any atom is 0.0642 e. The van der Waals surface area contributed by atoms with E-state index in [0.717, 1.165) is 32.8 Å². The Labute approximate surface area is 144 Å².